The van der Waals surface area contributed by atoms with Gasteiger partial charge in [-0.3, -0.25) is 14.4 Å². The molecule has 1 unspecified atom stereocenters. The summed E-state index contributed by atoms with van der Waals surface area (Å²) in [5.41, 5.74) is 1.59. The highest BCUT2D eigenvalue weighted by Gasteiger charge is 2.39. The van der Waals surface area contributed by atoms with Crippen molar-refractivity contribution in [2.75, 3.05) is 17.3 Å². The van der Waals surface area contributed by atoms with E-state index in [0.717, 1.165) is 5.56 Å². The smallest absolute Gasteiger partial charge is 0.247 e. The minimum Gasteiger partial charge on any atom is -0.494 e. The summed E-state index contributed by atoms with van der Waals surface area (Å²) in [5.74, 6) is 0.671. The zero-order chi connectivity index (χ0) is 20.6. The minimum absolute atomic E-state index is 0.0681. The Balaban J connectivity index is 1.46. The largest absolute Gasteiger partial charge is 0.494 e. The molecule has 3 amide bonds. The molecule has 6 nitrogen and oxygen atoms in total. The number of anilines is 1. The van der Waals surface area contributed by atoms with Crippen LogP contribution in [0.4, 0.5) is 5.69 Å². The molecular weight excluding hydrogens is 388 g/mol. The first-order valence-corrected chi connectivity index (χ1v) is 10.6. The van der Waals surface area contributed by atoms with Crippen molar-refractivity contribution in [3.05, 3.63) is 60.2 Å². The number of carbonyl (C=O) groups excluding carboxylic acids is 3. The topological polar surface area (TPSA) is 75.7 Å². The fraction of sp³-hybridized carbons (Fsp3) is 0.318. The molecule has 2 aromatic carbocycles. The van der Waals surface area contributed by atoms with Crippen LogP contribution in [-0.4, -0.2) is 35.3 Å². The monoisotopic (exact) mass is 412 g/mol. The second-order valence-electron chi connectivity index (χ2n) is 6.57. The molecule has 1 heterocycles. The molecule has 0 bridgehead atoms. The quantitative estimate of drug-likeness (QED) is 0.641. The van der Waals surface area contributed by atoms with Gasteiger partial charge in [0.1, 0.15) is 5.75 Å². The highest BCUT2D eigenvalue weighted by molar-refractivity contribution is 8.00. The van der Waals surface area contributed by atoms with E-state index in [-0.39, 0.29) is 24.1 Å². The summed E-state index contributed by atoms with van der Waals surface area (Å²) >= 11 is 1.36. The lowest BCUT2D eigenvalue weighted by molar-refractivity contribution is -0.122. The van der Waals surface area contributed by atoms with Crippen LogP contribution in [-0.2, 0) is 20.9 Å². The number of rotatable bonds is 9. The van der Waals surface area contributed by atoms with E-state index >= 15 is 0 Å². The number of amides is 3. The fourth-order valence-electron chi connectivity index (χ4n) is 3.04. The van der Waals surface area contributed by atoms with E-state index < -0.39 is 5.25 Å². The summed E-state index contributed by atoms with van der Waals surface area (Å²) < 4.78 is 5.39. The van der Waals surface area contributed by atoms with Gasteiger partial charge in [-0.1, -0.05) is 30.3 Å². The number of hydrogen-bond donors (Lipinski definition) is 1. The van der Waals surface area contributed by atoms with Gasteiger partial charge in [-0.25, -0.2) is 4.90 Å². The van der Waals surface area contributed by atoms with Crippen LogP contribution < -0.4 is 15.0 Å². The summed E-state index contributed by atoms with van der Waals surface area (Å²) in [7, 11) is 0. The number of imide groups is 1. The first kappa shape index (κ1) is 20.9. The molecule has 1 saturated heterocycles. The first-order chi connectivity index (χ1) is 14.1. The predicted molar refractivity (Wildman–Crippen MR) is 114 cm³/mol. The molecule has 1 fully saturated rings. The standard InChI is InChI=1S/C22H24N2O4S/c1-2-28-18-10-8-17(9-11-18)24-21(26)14-19(22(24)27)29-13-12-20(25)23-15-16-6-4-3-5-7-16/h3-11,19H,2,12-15H2,1H3,(H,23,25). The minimum atomic E-state index is -0.448. The van der Waals surface area contributed by atoms with Crippen LogP contribution in [0.5, 0.6) is 5.75 Å². The van der Waals surface area contributed by atoms with Gasteiger partial charge in [0.2, 0.25) is 17.7 Å². The molecule has 0 aromatic heterocycles. The van der Waals surface area contributed by atoms with E-state index in [0.29, 0.717) is 36.8 Å². The lowest BCUT2D eigenvalue weighted by atomic mass is 10.2. The molecule has 152 valence electrons. The van der Waals surface area contributed by atoms with Crippen molar-refractivity contribution in [3.8, 4) is 5.75 Å². The summed E-state index contributed by atoms with van der Waals surface area (Å²) in [5, 5.41) is 2.42. The lowest BCUT2D eigenvalue weighted by Crippen LogP contribution is -2.31. The summed E-state index contributed by atoms with van der Waals surface area (Å²) in [6.07, 6.45) is 0.459. The van der Waals surface area contributed by atoms with E-state index in [4.69, 9.17) is 4.74 Å². The molecule has 2 aromatic rings. The molecule has 0 aliphatic carbocycles. The van der Waals surface area contributed by atoms with E-state index in [1.165, 1.54) is 16.7 Å². The Morgan fingerprint density at radius 3 is 2.55 bits per heavy atom. The van der Waals surface area contributed by atoms with Gasteiger partial charge in [0, 0.05) is 25.1 Å². The van der Waals surface area contributed by atoms with Gasteiger partial charge >= 0.3 is 0 Å². The van der Waals surface area contributed by atoms with Crippen LogP contribution >= 0.6 is 11.8 Å². The number of nitrogens with one attached hydrogen (secondary N) is 1. The second kappa shape index (κ2) is 10.1. The number of ether oxygens (including phenoxy) is 1. The highest BCUT2D eigenvalue weighted by Crippen LogP contribution is 2.30. The van der Waals surface area contributed by atoms with E-state index in [1.807, 2.05) is 37.3 Å². The van der Waals surface area contributed by atoms with Crippen molar-refractivity contribution in [1.82, 2.24) is 5.32 Å². The molecule has 1 aliphatic rings. The van der Waals surface area contributed by atoms with Gasteiger partial charge in [0.15, 0.2) is 0 Å². The first-order valence-electron chi connectivity index (χ1n) is 9.60. The van der Waals surface area contributed by atoms with E-state index in [1.54, 1.807) is 24.3 Å². The molecule has 1 atom stereocenters. The normalized spacial score (nSPS) is 16.2. The zero-order valence-corrected chi connectivity index (χ0v) is 17.1. The average molecular weight is 413 g/mol. The summed E-state index contributed by atoms with van der Waals surface area (Å²) in [6, 6.07) is 16.6. The predicted octanol–water partition coefficient (Wildman–Crippen LogP) is 3.16. The zero-order valence-electron chi connectivity index (χ0n) is 16.3. The molecule has 29 heavy (non-hydrogen) atoms. The Morgan fingerprint density at radius 1 is 1.14 bits per heavy atom. The van der Waals surface area contributed by atoms with Crippen molar-refractivity contribution in [1.29, 1.82) is 0 Å². The summed E-state index contributed by atoms with van der Waals surface area (Å²) in [6.45, 7) is 2.93. The fourth-order valence-corrected chi connectivity index (χ4v) is 4.14. The lowest BCUT2D eigenvalue weighted by Gasteiger charge is -2.15. The third kappa shape index (κ3) is 5.60. The Kier molecular flexibility index (Phi) is 7.30. The maximum Gasteiger partial charge on any atom is 0.247 e. The van der Waals surface area contributed by atoms with Crippen LogP contribution in [0.15, 0.2) is 54.6 Å². The van der Waals surface area contributed by atoms with Gasteiger partial charge in [-0.2, -0.15) is 0 Å². The highest BCUT2D eigenvalue weighted by atomic mass is 32.2. The maximum absolute atomic E-state index is 12.7. The number of hydrogen-bond acceptors (Lipinski definition) is 5. The van der Waals surface area contributed by atoms with Crippen LogP contribution in [0.1, 0.15) is 25.3 Å². The van der Waals surface area contributed by atoms with Crippen molar-refractivity contribution < 1.29 is 19.1 Å². The molecule has 7 heteroatoms. The number of carbonyl (C=O) groups is 3. The third-order valence-corrected chi connectivity index (χ3v) is 5.70. The van der Waals surface area contributed by atoms with Crippen LogP contribution in [0.25, 0.3) is 0 Å². The van der Waals surface area contributed by atoms with Crippen molar-refractivity contribution in [2.24, 2.45) is 0 Å². The SMILES string of the molecule is CCOc1ccc(N2C(=O)CC(SCCC(=O)NCc3ccccc3)C2=O)cc1. The van der Waals surface area contributed by atoms with Crippen LogP contribution in [0.3, 0.4) is 0 Å². The Hall–Kier alpha value is -2.80. The summed E-state index contributed by atoms with van der Waals surface area (Å²) in [4.78, 5) is 38.2. The van der Waals surface area contributed by atoms with Gasteiger partial charge in [0.25, 0.3) is 0 Å². The number of thioether (sulfide) groups is 1. The van der Waals surface area contributed by atoms with Crippen molar-refractivity contribution in [3.63, 3.8) is 0 Å². The molecule has 3 rings (SSSR count). The molecule has 1 aliphatic heterocycles. The molecule has 0 radical (unpaired) electrons. The Morgan fingerprint density at radius 2 is 1.86 bits per heavy atom. The van der Waals surface area contributed by atoms with Crippen LogP contribution in [0.2, 0.25) is 0 Å². The molecule has 1 N–H and O–H groups in total. The van der Waals surface area contributed by atoms with E-state index in [2.05, 4.69) is 5.32 Å². The van der Waals surface area contributed by atoms with Gasteiger partial charge in [-0.05, 0) is 36.8 Å². The van der Waals surface area contributed by atoms with Gasteiger partial charge in [-0.15, -0.1) is 11.8 Å². The van der Waals surface area contributed by atoms with Crippen LogP contribution in [0, 0.1) is 0 Å². The molecule has 0 saturated carbocycles. The van der Waals surface area contributed by atoms with Gasteiger partial charge < -0.3 is 10.1 Å². The number of nitrogens with zero attached hydrogens (tertiary/aromatic N) is 1. The third-order valence-electron chi connectivity index (χ3n) is 4.49. The Labute approximate surface area is 174 Å². The number of benzene rings is 2. The maximum atomic E-state index is 12.7. The average Bonchev–Trinajstić information content (AvgIpc) is 3.01. The van der Waals surface area contributed by atoms with Crippen molar-refractivity contribution in [2.45, 2.75) is 31.6 Å². The second-order valence-corrected chi connectivity index (χ2v) is 7.88. The molecular formula is C22H24N2O4S. The van der Waals surface area contributed by atoms with Gasteiger partial charge in [0.05, 0.1) is 17.5 Å². The van der Waals surface area contributed by atoms with Crippen molar-refractivity contribution >= 4 is 35.2 Å². The van der Waals surface area contributed by atoms with E-state index in [9.17, 15) is 14.4 Å². The molecule has 0 spiro atoms. The Bertz CT molecular complexity index is 855.